The summed E-state index contributed by atoms with van der Waals surface area (Å²) in [7, 11) is 0.563. The van der Waals surface area contributed by atoms with Gasteiger partial charge in [0.25, 0.3) is 5.91 Å². The number of methoxy groups -OCH3 is 1. The van der Waals surface area contributed by atoms with Gasteiger partial charge in [-0.3, -0.25) is 4.79 Å². The van der Waals surface area contributed by atoms with Crippen molar-refractivity contribution >= 4 is 28.3 Å². The Labute approximate surface area is 150 Å². The van der Waals surface area contributed by atoms with E-state index < -0.39 is 10.0 Å². The highest BCUT2D eigenvalue weighted by molar-refractivity contribution is 7.89. The van der Waals surface area contributed by atoms with Crippen LogP contribution >= 0.6 is 12.4 Å². The molecule has 0 atom stereocenters. The van der Waals surface area contributed by atoms with Crippen molar-refractivity contribution in [2.45, 2.75) is 18.2 Å². The lowest BCUT2D eigenvalue weighted by Gasteiger charge is -2.15. The quantitative estimate of drug-likeness (QED) is 0.627. The number of sulfonamides is 1. The van der Waals surface area contributed by atoms with E-state index >= 15 is 0 Å². The molecule has 0 bridgehead atoms. The average Bonchev–Trinajstić information content (AvgIpc) is 2.53. The van der Waals surface area contributed by atoms with Crippen LogP contribution in [0.3, 0.4) is 0 Å². The molecule has 2 N–H and O–H groups in total. The summed E-state index contributed by atoms with van der Waals surface area (Å²) in [5.41, 5.74) is 0.279. The lowest BCUT2D eigenvalue weighted by Crippen LogP contribution is -2.32. The zero-order valence-corrected chi connectivity index (χ0v) is 16.1. The summed E-state index contributed by atoms with van der Waals surface area (Å²) >= 11 is 0. The Morgan fingerprint density at radius 1 is 1.21 bits per heavy atom. The van der Waals surface area contributed by atoms with Crippen LogP contribution in [0.5, 0.6) is 5.75 Å². The Kier molecular flexibility index (Phi) is 9.91. The van der Waals surface area contributed by atoms with E-state index in [-0.39, 0.29) is 34.5 Å². The molecule has 0 aromatic heterocycles. The van der Waals surface area contributed by atoms with Gasteiger partial charge >= 0.3 is 0 Å². The molecular weight excluding hydrogens is 354 g/mol. The number of hydrogen-bond donors (Lipinski definition) is 2. The first kappa shape index (κ1) is 22.6. The van der Waals surface area contributed by atoms with E-state index in [9.17, 15) is 13.2 Å². The molecule has 0 aliphatic heterocycles. The van der Waals surface area contributed by atoms with Crippen molar-refractivity contribution in [3.63, 3.8) is 0 Å². The zero-order valence-electron chi connectivity index (χ0n) is 14.5. The van der Waals surface area contributed by atoms with Gasteiger partial charge in [-0.1, -0.05) is 6.92 Å². The van der Waals surface area contributed by atoms with E-state index in [0.29, 0.717) is 13.1 Å². The number of halogens is 1. The Morgan fingerprint density at radius 3 is 2.42 bits per heavy atom. The van der Waals surface area contributed by atoms with E-state index in [2.05, 4.69) is 17.6 Å². The number of nitrogens with zero attached hydrogens (tertiary/aromatic N) is 1. The van der Waals surface area contributed by atoms with Crippen molar-refractivity contribution < 1.29 is 17.9 Å². The highest BCUT2D eigenvalue weighted by atomic mass is 35.5. The fourth-order valence-electron chi connectivity index (χ4n) is 1.88. The maximum atomic E-state index is 12.3. The molecule has 0 unspecified atom stereocenters. The highest BCUT2D eigenvalue weighted by Gasteiger charge is 2.23. The molecule has 1 aromatic rings. The SMILES string of the molecule is CCCNCCNC(=O)c1ccc(OC)c(S(=O)(=O)N(C)C)c1.Cl. The molecule has 0 aliphatic carbocycles. The number of carbonyl (C=O) groups excluding carboxylic acids is 1. The maximum absolute atomic E-state index is 12.3. The smallest absolute Gasteiger partial charge is 0.251 e. The number of nitrogens with one attached hydrogen (secondary N) is 2. The van der Waals surface area contributed by atoms with Gasteiger partial charge in [-0.05, 0) is 31.2 Å². The molecule has 0 radical (unpaired) electrons. The number of carbonyl (C=O) groups is 1. The first-order valence-corrected chi connectivity index (χ1v) is 8.88. The third-order valence-electron chi connectivity index (χ3n) is 3.20. The topological polar surface area (TPSA) is 87.7 Å². The van der Waals surface area contributed by atoms with E-state index in [1.54, 1.807) is 6.07 Å². The molecule has 0 aliphatic rings. The van der Waals surface area contributed by atoms with Gasteiger partial charge in [-0.15, -0.1) is 12.4 Å². The summed E-state index contributed by atoms with van der Waals surface area (Å²) in [4.78, 5) is 12.1. The number of ether oxygens (including phenoxy) is 1. The lowest BCUT2D eigenvalue weighted by atomic mass is 10.2. The normalized spacial score (nSPS) is 11.0. The lowest BCUT2D eigenvalue weighted by molar-refractivity contribution is 0.0953. The summed E-state index contributed by atoms with van der Waals surface area (Å²) in [5.74, 6) is -0.110. The van der Waals surface area contributed by atoms with Gasteiger partial charge in [0, 0.05) is 32.7 Å². The summed E-state index contributed by atoms with van der Waals surface area (Å²) in [6.07, 6.45) is 1.03. The van der Waals surface area contributed by atoms with Gasteiger partial charge in [0.05, 0.1) is 7.11 Å². The van der Waals surface area contributed by atoms with Crippen molar-refractivity contribution in [2.24, 2.45) is 0 Å². The number of benzene rings is 1. The minimum atomic E-state index is -3.69. The summed E-state index contributed by atoms with van der Waals surface area (Å²) in [5, 5.41) is 5.93. The van der Waals surface area contributed by atoms with Gasteiger partial charge in [-0.25, -0.2) is 12.7 Å². The second-order valence-electron chi connectivity index (χ2n) is 5.16. The van der Waals surface area contributed by atoms with Crippen molar-refractivity contribution in [1.29, 1.82) is 0 Å². The van der Waals surface area contributed by atoms with Crippen molar-refractivity contribution in [2.75, 3.05) is 40.8 Å². The van der Waals surface area contributed by atoms with Gasteiger partial charge in [-0.2, -0.15) is 0 Å². The number of hydrogen-bond acceptors (Lipinski definition) is 5. The first-order valence-electron chi connectivity index (χ1n) is 7.44. The second kappa shape index (κ2) is 10.5. The minimum Gasteiger partial charge on any atom is -0.495 e. The van der Waals surface area contributed by atoms with Gasteiger partial charge in [0.1, 0.15) is 10.6 Å². The molecule has 0 saturated carbocycles. The van der Waals surface area contributed by atoms with E-state index in [1.807, 2.05) is 0 Å². The molecule has 0 fully saturated rings. The third-order valence-corrected chi connectivity index (χ3v) is 5.03. The van der Waals surface area contributed by atoms with Crippen molar-refractivity contribution in [3.8, 4) is 5.75 Å². The van der Waals surface area contributed by atoms with Gasteiger partial charge in [0.2, 0.25) is 10.0 Å². The molecule has 0 saturated heterocycles. The Hall–Kier alpha value is -1.35. The van der Waals surface area contributed by atoms with E-state index in [0.717, 1.165) is 17.3 Å². The van der Waals surface area contributed by atoms with E-state index in [4.69, 9.17) is 4.74 Å². The maximum Gasteiger partial charge on any atom is 0.251 e. The minimum absolute atomic E-state index is 0. The van der Waals surface area contributed by atoms with Crippen LogP contribution in [0.4, 0.5) is 0 Å². The summed E-state index contributed by atoms with van der Waals surface area (Å²) in [6.45, 7) is 4.10. The first-order chi connectivity index (χ1) is 10.8. The molecular formula is C15H26ClN3O4S. The number of amides is 1. The zero-order chi connectivity index (χ0) is 17.5. The molecule has 1 aromatic carbocycles. The largest absolute Gasteiger partial charge is 0.495 e. The molecule has 7 nitrogen and oxygen atoms in total. The van der Waals surface area contributed by atoms with Crippen LogP contribution in [-0.2, 0) is 10.0 Å². The van der Waals surface area contributed by atoms with Crippen molar-refractivity contribution in [3.05, 3.63) is 23.8 Å². The fraction of sp³-hybridized carbons (Fsp3) is 0.533. The fourth-order valence-corrected chi connectivity index (χ4v) is 2.96. The molecule has 0 heterocycles. The van der Waals surface area contributed by atoms with Gasteiger partial charge < -0.3 is 15.4 Å². The molecule has 1 amide bonds. The monoisotopic (exact) mass is 379 g/mol. The Morgan fingerprint density at radius 2 is 1.88 bits per heavy atom. The van der Waals surface area contributed by atoms with Crippen LogP contribution in [0.2, 0.25) is 0 Å². The molecule has 24 heavy (non-hydrogen) atoms. The van der Waals surface area contributed by atoms with Crippen molar-refractivity contribution in [1.82, 2.24) is 14.9 Å². The van der Waals surface area contributed by atoms with Crippen LogP contribution in [0.1, 0.15) is 23.7 Å². The second-order valence-corrected chi connectivity index (χ2v) is 7.28. The van der Waals surface area contributed by atoms with Crippen LogP contribution < -0.4 is 15.4 Å². The predicted octanol–water partition coefficient (Wildman–Crippen LogP) is 1.10. The van der Waals surface area contributed by atoms with Crippen LogP contribution in [0, 0.1) is 0 Å². The van der Waals surface area contributed by atoms with Crippen LogP contribution in [-0.4, -0.2) is 59.5 Å². The molecule has 138 valence electrons. The Bertz CT molecular complexity index is 636. The predicted molar refractivity (Wildman–Crippen MR) is 96.6 cm³/mol. The third kappa shape index (κ3) is 5.94. The Balaban J connectivity index is 0.00000529. The summed E-state index contributed by atoms with van der Waals surface area (Å²) in [6, 6.07) is 4.37. The standard InChI is InChI=1S/C15H25N3O4S.ClH/c1-5-8-16-9-10-17-15(19)12-6-7-13(22-4)14(11-12)23(20,21)18(2)3;/h6-7,11,16H,5,8-10H2,1-4H3,(H,17,19);1H. The van der Waals surface area contributed by atoms with Crippen LogP contribution in [0.25, 0.3) is 0 Å². The molecule has 0 spiro atoms. The van der Waals surface area contributed by atoms with E-state index in [1.165, 1.54) is 33.3 Å². The number of rotatable bonds is 9. The molecule has 1 rings (SSSR count). The summed E-state index contributed by atoms with van der Waals surface area (Å²) < 4.78 is 30.8. The van der Waals surface area contributed by atoms with Crippen LogP contribution in [0.15, 0.2) is 23.1 Å². The molecule has 9 heteroatoms. The average molecular weight is 380 g/mol. The van der Waals surface area contributed by atoms with Gasteiger partial charge in [0.15, 0.2) is 0 Å². The highest BCUT2D eigenvalue weighted by Crippen LogP contribution is 2.26.